The molecular weight excluding hydrogens is 254 g/mol. The zero-order chi connectivity index (χ0) is 13.8. The third-order valence-corrected chi connectivity index (χ3v) is 2.89. The Kier molecular flexibility index (Phi) is 4.55. The molecule has 100 valence electrons. The van der Waals surface area contributed by atoms with Crippen LogP contribution in [0.1, 0.15) is 18.5 Å². The Bertz CT molecular complexity index is 528. The second kappa shape index (κ2) is 5.72. The van der Waals surface area contributed by atoms with Crippen molar-refractivity contribution in [1.82, 2.24) is 10.6 Å². The summed E-state index contributed by atoms with van der Waals surface area (Å²) in [6.45, 7) is 1.78. The summed E-state index contributed by atoms with van der Waals surface area (Å²) in [5.41, 5.74) is 1.16. The van der Waals surface area contributed by atoms with Crippen molar-refractivity contribution in [2.24, 2.45) is 0 Å². The van der Waals surface area contributed by atoms with E-state index in [1.807, 2.05) is 0 Å². The second-order valence-electron chi connectivity index (χ2n) is 3.91. The third-order valence-electron chi connectivity index (χ3n) is 2.30. The average molecular weight is 271 g/mol. The maximum Gasteiger partial charge on any atom is 0.315 e. The molecule has 0 spiro atoms. The largest absolute Gasteiger partial charge is 0.341 e. The van der Waals surface area contributed by atoms with E-state index in [0.29, 0.717) is 11.3 Å². The number of urea groups is 1. The van der Waals surface area contributed by atoms with Gasteiger partial charge in [0.2, 0.25) is 10.0 Å². The fourth-order valence-electron chi connectivity index (χ4n) is 1.51. The summed E-state index contributed by atoms with van der Waals surface area (Å²) < 4.78 is 24.9. The molecule has 1 aromatic carbocycles. The molecule has 0 aliphatic heterocycles. The van der Waals surface area contributed by atoms with Gasteiger partial charge < -0.3 is 10.6 Å². The fraction of sp³-hybridized carbons (Fsp3) is 0.364. The Morgan fingerprint density at radius 1 is 1.28 bits per heavy atom. The molecule has 0 fully saturated rings. The van der Waals surface area contributed by atoms with Crippen LogP contribution in [-0.4, -0.2) is 27.8 Å². The van der Waals surface area contributed by atoms with E-state index >= 15 is 0 Å². The highest BCUT2D eigenvalue weighted by atomic mass is 32.2. The van der Waals surface area contributed by atoms with Gasteiger partial charge in [-0.05, 0) is 18.6 Å². The lowest BCUT2D eigenvalue weighted by molar-refractivity contribution is 0.240. The van der Waals surface area contributed by atoms with Crippen molar-refractivity contribution in [3.63, 3.8) is 0 Å². The molecule has 7 heteroatoms. The zero-order valence-corrected chi connectivity index (χ0v) is 11.3. The molecular formula is C11H17N3O3S. The van der Waals surface area contributed by atoms with Crippen LogP contribution in [0.15, 0.2) is 24.3 Å². The normalized spacial score (nSPS) is 12.6. The molecule has 18 heavy (non-hydrogen) atoms. The van der Waals surface area contributed by atoms with Gasteiger partial charge in [0.1, 0.15) is 0 Å². The minimum Gasteiger partial charge on any atom is -0.341 e. The van der Waals surface area contributed by atoms with E-state index in [9.17, 15) is 13.2 Å². The standard InChI is InChI=1S/C11H17N3O3S/c1-8(13-11(15)12-2)9-6-4-5-7-10(9)14-18(3,16)17/h4-8,14H,1-3H3,(H2,12,13,15)/t8-/m1/s1. The van der Waals surface area contributed by atoms with E-state index < -0.39 is 10.0 Å². The monoisotopic (exact) mass is 271 g/mol. The molecule has 6 nitrogen and oxygen atoms in total. The topological polar surface area (TPSA) is 87.3 Å². The number of hydrogen-bond donors (Lipinski definition) is 3. The van der Waals surface area contributed by atoms with Crippen LogP contribution in [0.3, 0.4) is 0 Å². The van der Waals surface area contributed by atoms with Crippen LogP contribution in [0.4, 0.5) is 10.5 Å². The predicted octanol–water partition coefficient (Wildman–Crippen LogP) is 1.05. The number of benzene rings is 1. The first-order chi connectivity index (χ1) is 8.33. The van der Waals surface area contributed by atoms with Gasteiger partial charge in [-0.3, -0.25) is 4.72 Å². The van der Waals surface area contributed by atoms with Crippen molar-refractivity contribution in [3.8, 4) is 0 Å². The van der Waals surface area contributed by atoms with Gasteiger partial charge in [0.15, 0.2) is 0 Å². The predicted molar refractivity (Wildman–Crippen MR) is 70.9 cm³/mol. The van der Waals surface area contributed by atoms with Gasteiger partial charge in [-0.1, -0.05) is 18.2 Å². The average Bonchev–Trinajstić information content (AvgIpc) is 2.27. The molecule has 1 aromatic rings. The number of sulfonamides is 1. The van der Waals surface area contributed by atoms with Gasteiger partial charge in [-0.25, -0.2) is 13.2 Å². The Hall–Kier alpha value is -1.76. The number of nitrogens with one attached hydrogen (secondary N) is 3. The molecule has 0 heterocycles. The number of carbonyl (C=O) groups is 1. The maximum atomic E-state index is 11.2. The highest BCUT2D eigenvalue weighted by molar-refractivity contribution is 7.92. The first kappa shape index (κ1) is 14.3. The van der Waals surface area contributed by atoms with E-state index in [2.05, 4.69) is 15.4 Å². The van der Waals surface area contributed by atoms with E-state index in [-0.39, 0.29) is 12.1 Å². The minimum absolute atomic E-state index is 0.310. The van der Waals surface area contributed by atoms with E-state index in [4.69, 9.17) is 0 Å². The summed E-state index contributed by atoms with van der Waals surface area (Å²) in [7, 11) is -1.83. The quantitative estimate of drug-likeness (QED) is 0.765. The summed E-state index contributed by atoms with van der Waals surface area (Å²) in [6.07, 6.45) is 1.08. The first-order valence-corrected chi connectivity index (χ1v) is 7.27. The van der Waals surface area contributed by atoms with E-state index in [1.165, 1.54) is 7.05 Å². The Labute approximate surface area is 107 Å². The van der Waals surface area contributed by atoms with Crippen LogP contribution < -0.4 is 15.4 Å². The maximum absolute atomic E-state index is 11.2. The smallest absolute Gasteiger partial charge is 0.315 e. The molecule has 1 rings (SSSR count). The summed E-state index contributed by atoms with van der Waals surface area (Å²) in [5.74, 6) is 0. The van der Waals surface area contributed by atoms with Crippen LogP contribution in [-0.2, 0) is 10.0 Å². The van der Waals surface area contributed by atoms with Gasteiger partial charge in [0, 0.05) is 7.05 Å². The minimum atomic E-state index is -3.35. The van der Waals surface area contributed by atoms with E-state index in [1.54, 1.807) is 31.2 Å². The van der Waals surface area contributed by atoms with Gasteiger partial charge in [-0.2, -0.15) is 0 Å². The Morgan fingerprint density at radius 3 is 2.44 bits per heavy atom. The van der Waals surface area contributed by atoms with Crippen molar-refractivity contribution in [3.05, 3.63) is 29.8 Å². The third kappa shape index (κ3) is 4.25. The lowest BCUT2D eigenvalue weighted by Crippen LogP contribution is -2.34. The summed E-state index contributed by atoms with van der Waals surface area (Å²) in [5, 5.41) is 5.13. The van der Waals surface area contributed by atoms with Gasteiger partial charge in [0.05, 0.1) is 18.0 Å². The first-order valence-electron chi connectivity index (χ1n) is 5.38. The summed E-state index contributed by atoms with van der Waals surface area (Å²) in [6, 6.07) is 6.29. The van der Waals surface area contributed by atoms with Crippen molar-refractivity contribution < 1.29 is 13.2 Å². The molecule has 3 N–H and O–H groups in total. The molecule has 0 bridgehead atoms. The molecule has 0 aliphatic rings. The van der Waals surface area contributed by atoms with Crippen LogP contribution >= 0.6 is 0 Å². The molecule has 0 radical (unpaired) electrons. The number of amides is 2. The van der Waals surface area contributed by atoms with E-state index in [0.717, 1.165) is 6.26 Å². The van der Waals surface area contributed by atoms with Crippen molar-refractivity contribution in [2.45, 2.75) is 13.0 Å². The second-order valence-corrected chi connectivity index (χ2v) is 5.66. The summed E-state index contributed by atoms with van der Waals surface area (Å²) in [4.78, 5) is 11.2. The van der Waals surface area contributed by atoms with Crippen molar-refractivity contribution in [2.75, 3.05) is 18.0 Å². The molecule has 2 amide bonds. The summed E-state index contributed by atoms with van der Waals surface area (Å²) >= 11 is 0. The lowest BCUT2D eigenvalue weighted by atomic mass is 10.1. The van der Waals surface area contributed by atoms with Gasteiger partial charge in [-0.15, -0.1) is 0 Å². The highest BCUT2D eigenvalue weighted by Gasteiger charge is 2.14. The molecule has 0 saturated carbocycles. The van der Waals surface area contributed by atoms with Crippen LogP contribution in [0.5, 0.6) is 0 Å². The SMILES string of the molecule is CNC(=O)N[C@H](C)c1ccccc1NS(C)(=O)=O. The molecule has 0 saturated heterocycles. The lowest BCUT2D eigenvalue weighted by Gasteiger charge is -2.18. The number of rotatable bonds is 4. The Morgan fingerprint density at radius 2 is 1.89 bits per heavy atom. The van der Waals surface area contributed by atoms with Crippen molar-refractivity contribution in [1.29, 1.82) is 0 Å². The zero-order valence-electron chi connectivity index (χ0n) is 10.5. The van der Waals surface area contributed by atoms with Crippen LogP contribution in [0.25, 0.3) is 0 Å². The number of carbonyl (C=O) groups excluding carboxylic acids is 1. The van der Waals surface area contributed by atoms with Gasteiger partial charge >= 0.3 is 6.03 Å². The Balaban J connectivity index is 2.98. The fourth-order valence-corrected chi connectivity index (χ4v) is 2.10. The molecule has 0 aromatic heterocycles. The number of hydrogen-bond acceptors (Lipinski definition) is 3. The van der Waals surface area contributed by atoms with Gasteiger partial charge in [0.25, 0.3) is 0 Å². The molecule has 0 aliphatic carbocycles. The highest BCUT2D eigenvalue weighted by Crippen LogP contribution is 2.23. The van der Waals surface area contributed by atoms with Crippen LogP contribution in [0.2, 0.25) is 0 Å². The molecule has 1 atom stereocenters. The number of anilines is 1. The number of para-hydroxylation sites is 1. The van der Waals surface area contributed by atoms with Crippen LogP contribution in [0, 0.1) is 0 Å². The van der Waals surface area contributed by atoms with Crippen molar-refractivity contribution >= 4 is 21.7 Å². The molecule has 0 unspecified atom stereocenters.